The molecule has 0 aromatic heterocycles. The van der Waals surface area contributed by atoms with Crippen LogP contribution >= 0.6 is 11.8 Å². The van der Waals surface area contributed by atoms with E-state index in [1.54, 1.807) is 7.11 Å². The fourth-order valence-electron chi connectivity index (χ4n) is 1.46. The van der Waals surface area contributed by atoms with Gasteiger partial charge in [0.25, 0.3) is 0 Å². The standard InChI is InChI=1S/C15H24N2O2S/c1-12(2)8-9-17-15(16)20-11-10-19-14-6-4-13(18-3)5-7-14/h4-7,12H,8-11H2,1-3H3,(H2,16,17). The number of methoxy groups -OCH3 is 1. The first-order valence-corrected chi connectivity index (χ1v) is 7.80. The molecule has 0 bridgehead atoms. The van der Waals surface area contributed by atoms with Crippen molar-refractivity contribution in [3.8, 4) is 11.5 Å². The minimum absolute atomic E-state index is 0.609. The van der Waals surface area contributed by atoms with E-state index in [1.165, 1.54) is 11.8 Å². The van der Waals surface area contributed by atoms with Crippen molar-refractivity contribution in [2.24, 2.45) is 16.6 Å². The Hall–Kier alpha value is -1.36. The highest BCUT2D eigenvalue weighted by Gasteiger charge is 1.98. The largest absolute Gasteiger partial charge is 0.497 e. The van der Waals surface area contributed by atoms with Crippen LogP contribution in [0, 0.1) is 5.92 Å². The van der Waals surface area contributed by atoms with E-state index < -0.39 is 0 Å². The van der Waals surface area contributed by atoms with E-state index >= 15 is 0 Å². The molecule has 5 heteroatoms. The summed E-state index contributed by atoms with van der Waals surface area (Å²) in [4.78, 5) is 4.32. The van der Waals surface area contributed by atoms with E-state index in [2.05, 4.69) is 18.8 Å². The molecule has 0 unspecified atom stereocenters. The lowest BCUT2D eigenvalue weighted by Crippen LogP contribution is -2.11. The summed E-state index contributed by atoms with van der Waals surface area (Å²) in [5.74, 6) is 3.12. The van der Waals surface area contributed by atoms with Crippen LogP contribution in [0.1, 0.15) is 20.3 Å². The number of ether oxygens (including phenoxy) is 2. The van der Waals surface area contributed by atoms with Crippen molar-refractivity contribution in [3.63, 3.8) is 0 Å². The zero-order valence-electron chi connectivity index (χ0n) is 12.5. The zero-order chi connectivity index (χ0) is 14.8. The third-order valence-corrected chi connectivity index (χ3v) is 3.43. The van der Waals surface area contributed by atoms with Crippen LogP contribution < -0.4 is 15.2 Å². The van der Waals surface area contributed by atoms with Crippen LogP contribution in [-0.2, 0) is 0 Å². The second-order valence-corrected chi connectivity index (χ2v) is 5.89. The van der Waals surface area contributed by atoms with Crippen molar-refractivity contribution in [1.29, 1.82) is 0 Å². The molecular formula is C15H24N2O2S. The van der Waals surface area contributed by atoms with Gasteiger partial charge in [0.1, 0.15) is 11.5 Å². The molecule has 0 saturated heterocycles. The van der Waals surface area contributed by atoms with Crippen LogP contribution in [0.3, 0.4) is 0 Å². The first-order chi connectivity index (χ1) is 9.61. The molecule has 0 saturated carbocycles. The van der Waals surface area contributed by atoms with Crippen molar-refractivity contribution in [2.75, 3.05) is 26.0 Å². The minimum Gasteiger partial charge on any atom is -0.497 e. The van der Waals surface area contributed by atoms with Gasteiger partial charge in [0, 0.05) is 12.3 Å². The summed E-state index contributed by atoms with van der Waals surface area (Å²) >= 11 is 1.53. The van der Waals surface area contributed by atoms with Crippen LogP contribution in [0.2, 0.25) is 0 Å². The fraction of sp³-hybridized carbons (Fsp3) is 0.533. The molecule has 1 rings (SSSR count). The smallest absolute Gasteiger partial charge is 0.154 e. The second-order valence-electron chi connectivity index (χ2n) is 4.77. The van der Waals surface area contributed by atoms with Gasteiger partial charge in [0.15, 0.2) is 5.17 Å². The molecule has 2 N–H and O–H groups in total. The lowest BCUT2D eigenvalue weighted by molar-refractivity contribution is 0.343. The summed E-state index contributed by atoms with van der Waals surface area (Å²) in [5, 5.41) is 0.643. The highest BCUT2D eigenvalue weighted by molar-refractivity contribution is 8.13. The summed E-state index contributed by atoms with van der Waals surface area (Å²) < 4.78 is 10.7. The van der Waals surface area contributed by atoms with Crippen LogP contribution in [0.15, 0.2) is 29.3 Å². The van der Waals surface area contributed by atoms with Gasteiger partial charge < -0.3 is 15.2 Å². The maximum Gasteiger partial charge on any atom is 0.154 e. The second kappa shape index (κ2) is 9.53. The molecule has 20 heavy (non-hydrogen) atoms. The quantitative estimate of drug-likeness (QED) is 0.455. The van der Waals surface area contributed by atoms with E-state index in [9.17, 15) is 0 Å². The van der Waals surface area contributed by atoms with Gasteiger partial charge in [0.2, 0.25) is 0 Å². The Kier molecular flexibility index (Phi) is 7.95. The monoisotopic (exact) mass is 296 g/mol. The molecule has 0 aliphatic carbocycles. The number of hydrogen-bond donors (Lipinski definition) is 1. The summed E-state index contributed by atoms with van der Waals surface area (Å²) in [7, 11) is 1.65. The first kappa shape index (κ1) is 16.7. The van der Waals surface area contributed by atoms with Crippen LogP contribution in [0.25, 0.3) is 0 Å². The Morgan fingerprint density at radius 3 is 2.50 bits per heavy atom. The maximum atomic E-state index is 5.82. The Morgan fingerprint density at radius 1 is 1.25 bits per heavy atom. The number of amidine groups is 1. The third-order valence-electron chi connectivity index (χ3n) is 2.64. The average Bonchev–Trinajstić information content (AvgIpc) is 2.44. The number of thioether (sulfide) groups is 1. The number of rotatable bonds is 8. The van der Waals surface area contributed by atoms with Crippen molar-refractivity contribution < 1.29 is 9.47 Å². The lowest BCUT2D eigenvalue weighted by atomic mass is 10.1. The lowest BCUT2D eigenvalue weighted by Gasteiger charge is -2.07. The van der Waals surface area contributed by atoms with E-state index in [0.717, 1.165) is 30.2 Å². The maximum absolute atomic E-state index is 5.82. The molecule has 0 spiro atoms. The van der Waals surface area contributed by atoms with Crippen molar-refractivity contribution in [3.05, 3.63) is 24.3 Å². The van der Waals surface area contributed by atoms with Crippen molar-refractivity contribution >= 4 is 16.9 Å². The third kappa shape index (κ3) is 7.28. The average molecular weight is 296 g/mol. The van der Waals surface area contributed by atoms with Gasteiger partial charge in [-0.15, -0.1) is 0 Å². The molecule has 0 aliphatic rings. The molecule has 0 heterocycles. The minimum atomic E-state index is 0.609. The van der Waals surface area contributed by atoms with Crippen LogP contribution in [-0.4, -0.2) is 31.2 Å². The number of hydrogen-bond acceptors (Lipinski definition) is 4. The normalized spacial score (nSPS) is 11.7. The first-order valence-electron chi connectivity index (χ1n) is 6.81. The summed E-state index contributed by atoms with van der Waals surface area (Å²) in [6.45, 7) is 5.77. The number of nitrogens with two attached hydrogens (primary N) is 1. The van der Waals surface area contributed by atoms with E-state index in [0.29, 0.717) is 17.7 Å². The predicted octanol–water partition coefficient (Wildman–Crippen LogP) is 3.17. The molecule has 0 fully saturated rings. The Morgan fingerprint density at radius 2 is 1.90 bits per heavy atom. The molecular weight excluding hydrogens is 272 g/mol. The van der Waals surface area contributed by atoms with Gasteiger partial charge in [-0.25, -0.2) is 0 Å². The highest BCUT2D eigenvalue weighted by atomic mass is 32.2. The molecule has 1 aromatic carbocycles. The fourth-order valence-corrected chi connectivity index (χ4v) is 2.01. The van der Waals surface area contributed by atoms with Crippen LogP contribution in [0.4, 0.5) is 0 Å². The Labute approximate surface area is 125 Å². The predicted molar refractivity (Wildman–Crippen MR) is 86.9 cm³/mol. The highest BCUT2D eigenvalue weighted by Crippen LogP contribution is 2.17. The van der Waals surface area contributed by atoms with Gasteiger partial charge in [-0.05, 0) is 36.6 Å². The number of benzene rings is 1. The summed E-state index contributed by atoms with van der Waals surface area (Å²) in [6.07, 6.45) is 1.07. The van der Waals surface area contributed by atoms with Crippen LogP contribution in [0.5, 0.6) is 11.5 Å². The van der Waals surface area contributed by atoms with Gasteiger partial charge in [-0.1, -0.05) is 25.6 Å². The molecule has 0 aliphatic heterocycles. The molecule has 1 aromatic rings. The van der Waals surface area contributed by atoms with Gasteiger partial charge in [-0.2, -0.15) is 0 Å². The zero-order valence-corrected chi connectivity index (χ0v) is 13.3. The Balaban J connectivity index is 2.17. The topological polar surface area (TPSA) is 56.8 Å². The van der Waals surface area contributed by atoms with E-state index in [4.69, 9.17) is 15.2 Å². The summed E-state index contributed by atoms with van der Waals surface area (Å²) in [6, 6.07) is 7.54. The van der Waals surface area contributed by atoms with Crippen molar-refractivity contribution in [1.82, 2.24) is 0 Å². The molecule has 112 valence electrons. The Bertz CT molecular complexity index is 405. The SMILES string of the molecule is COc1ccc(OCCSC(N)=NCCC(C)C)cc1. The molecule has 4 nitrogen and oxygen atoms in total. The van der Waals surface area contributed by atoms with Gasteiger partial charge in [0.05, 0.1) is 13.7 Å². The van der Waals surface area contributed by atoms with E-state index in [-0.39, 0.29) is 0 Å². The molecule has 0 radical (unpaired) electrons. The number of aliphatic imine (C=N–C) groups is 1. The summed E-state index contributed by atoms with van der Waals surface area (Å²) in [5.41, 5.74) is 5.82. The van der Waals surface area contributed by atoms with Crippen molar-refractivity contribution in [2.45, 2.75) is 20.3 Å². The number of nitrogens with zero attached hydrogens (tertiary/aromatic N) is 1. The molecule has 0 amide bonds. The molecule has 0 atom stereocenters. The van der Waals surface area contributed by atoms with Gasteiger partial charge in [-0.3, -0.25) is 4.99 Å². The van der Waals surface area contributed by atoms with Gasteiger partial charge >= 0.3 is 0 Å². The van der Waals surface area contributed by atoms with E-state index in [1.807, 2.05) is 24.3 Å².